The van der Waals surface area contributed by atoms with Crippen LogP contribution >= 0.6 is 0 Å². The molecule has 0 spiro atoms. The number of carbonyl (C=O) groups excluding carboxylic acids is 2. The standard InChI is InChI=1S/C22H28N2O2/c1-5-18(17-10-7-6-8-11-17)19-12-9-13-24(19)22(26)21-14(2)20(16(4)25)15(3)23-21/h6-8,10-11,18-19,23H,5,9,12-13H2,1-4H3/t18-,19-/m0/s1. The molecule has 1 N–H and O–H groups in total. The highest BCUT2D eigenvalue weighted by Gasteiger charge is 2.36. The molecule has 26 heavy (non-hydrogen) atoms. The van der Waals surface area contributed by atoms with E-state index in [0.717, 1.165) is 37.1 Å². The Balaban J connectivity index is 1.92. The van der Waals surface area contributed by atoms with Gasteiger partial charge < -0.3 is 9.88 Å². The van der Waals surface area contributed by atoms with Crippen molar-refractivity contribution in [2.75, 3.05) is 6.54 Å². The topological polar surface area (TPSA) is 53.2 Å². The number of nitrogens with one attached hydrogen (secondary N) is 1. The number of Topliss-reactive ketones (excluding diaryl/α,β-unsaturated/α-hetero) is 1. The molecule has 1 aromatic carbocycles. The summed E-state index contributed by atoms with van der Waals surface area (Å²) in [5.41, 5.74) is 4.08. The Morgan fingerprint density at radius 3 is 2.50 bits per heavy atom. The minimum atomic E-state index is 0.00370. The number of amides is 1. The van der Waals surface area contributed by atoms with Crippen LogP contribution in [-0.2, 0) is 0 Å². The minimum Gasteiger partial charge on any atom is -0.354 e. The third-order valence-electron chi connectivity index (χ3n) is 5.70. The third-order valence-corrected chi connectivity index (χ3v) is 5.70. The van der Waals surface area contributed by atoms with E-state index in [0.29, 0.717) is 17.2 Å². The average molecular weight is 352 g/mol. The van der Waals surface area contributed by atoms with Crippen molar-refractivity contribution in [1.82, 2.24) is 9.88 Å². The van der Waals surface area contributed by atoms with E-state index in [1.807, 2.05) is 24.8 Å². The van der Waals surface area contributed by atoms with Crippen LogP contribution in [0.3, 0.4) is 0 Å². The Bertz CT molecular complexity index is 807. The lowest BCUT2D eigenvalue weighted by atomic mass is 9.87. The quantitative estimate of drug-likeness (QED) is 0.798. The fourth-order valence-electron chi connectivity index (χ4n) is 4.53. The number of aromatic amines is 1. The van der Waals surface area contributed by atoms with Crippen LogP contribution in [0.15, 0.2) is 30.3 Å². The van der Waals surface area contributed by atoms with Gasteiger partial charge in [-0.05, 0) is 51.2 Å². The molecule has 0 radical (unpaired) electrons. The summed E-state index contributed by atoms with van der Waals surface area (Å²) < 4.78 is 0. The Morgan fingerprint density at radius 2 is 1.92 bits per heavy atom. The van der Waals surface area contributed by atoms with Crippen LogP contribution in [0, 0.1) is 13.8 Å². The number of rotatable bonds is 5. The number of likely N-dealkylation sites (tertiary alicyclic amines) is 1. The first kappa shape index (κ1) is 18.4. The number of hydrogen-bond donors (Lipinski definition) is 1. The Kier molecular flexibility index (Phi) is 5.30. The molecule has 0 saturated carbocycles. The van der Waals surface area contributed by atoms with Gasteiger partial charge in [-0.15, -0.1) is 0 Å². The lowest BCUT2D eigenvalue weighted by Crippen LogP contribution is -2.39. The van der Waals surface area contributed by atoms with E-state index < -0.39 is 0 Å². The highest BCUT2D eigenvalue weighted by molar-refractivity contribution is 6.02. The maximum Gasteiger partial charge on any atom is 0.270 e. The fraction of sp³-hybridized carbons (Fsp3) is 0.455. The summed E-state index contributed by atoms with van der Waals surface area (Å²) in [6.45, 7) is 8.25. The molecule has 4 heteroatoms. The summed E-state index contributed by atoms with van der Waals surface area (Å²) in [5.74, 6) is 0.366. The first-order valence-electron chi connectivity index (χ1n) is 9.51. The molecule has 1 aliphatic heterocycles. The zero-order chi connectivity index (χ0) is 18.8. The summed E-state index contributed by atoms with van der Waals surface area (Å²) in [6.07, 6.45) is 3.05. The van der Waals surface area contributed by atoms with Gasteiger partial charge in [-0.25, -0.2) is 0 Å². The number of carbonyl (C=O) groups is 2. The van der Waals surface area contributed by atoms with Gasteiger partial charge in [0.2, 0.25) is 0 Å². The second kappa shape index (κ2) is 7.48. The average Bonchev–Trinajstić information content (AvgIpc) is 3.20. The van der Waals surface area contributed by atoms with E-state index in [2.05, 4.69) is 36.2 Å². The highest BCUT2D eigenvalue weighted by atomic mass is 16.2. The molecule has 4 nitrogen and oxygen atoms in total. The molecule has 1 aliphatic rings. The molecule has 3 rings (SSSR count). The molecule has 2 aromatic rings. The molecular formula is C22H28N2O2. The second-order valence-electron chi connectivity index (χ2n) is 7.31. The Morgan fingerprint density at radius 1 is 1.23 bits per heavy atom. The lowest BCUT2D eigenvalue weighted by Gasteiger charge is -2.31. The molecular weight excluding hydrogens is 324 g/mol. The van der Waals surface area contributed by atoms with Crippen LogP contribution in [0.5, 0.6) is 0 Å². The molecule has 2 atom stereocenters. The molecule has 1 aromatic heterocycles. The van der Waals surface area contributed by atoms with Gasteiger partial charge in [0.15, 0.2) is 5.78 Å². The Labute approximate surface area is 155 Å². The molecule has 0 bridgehead atoms. The van der Waals surface area contributed by atoms with Gasteiger partial charge in [0.05, 0.1) is 0 Å². The van der Waals surface area contributed by atoms with Crippen LogP contribution in [0.1, 0.15) is 76.7 Å². The van der Waals surface area contributed by atoms with Crippen LogP contribution in [0.2, 0.25) is 0 Å². The second-order valence-corrected chi connectivity index (χ2v) is 7.31. The van der Waals surface area contributed by atoms with E-state index in [-0.39, 0.29) is 17.7 Å². The van der Waals surface area contributed by atoms with Gasteiger partial charge in [-0.3, -0.25) is 9.59 Å². The molecule has 138 valence electrons. The van der Waals surface area contributed by atoms with E-state index in [1.54, 1.807) is 6.92 Å². The number of hydrogen-bond acceptors (Lipinski definition) is 2. The van der Waals surface area contributed by atoms with Gasteiger partial charge in [0.1, 0.15) is 5.69 Å². The van der Waals surface area contributed by atoms with Gasteiger partial charge in [0.25, 0.3) is 5.91 Å². The van der Waals surface area contributed by atoms with Crippen LogP contribution in [0.25, 0.3) is 0 Å². The maximum absolute atomic E-state index is 13.3. The monoisotopic (exact) mass is 352 g/mol. The van der Waals surface area contributed by atoms with E-state index in [1.165, 1.54) is 5.56 Å². The van der Waals surface area contributed by atoms with Gasteiger partial charge >= 0.3 is 0 Å². The molecule has 1 fully saturated rings. The zero-order valence-corrected chi connectivity index (χ0v) is 16.1. The summed E-state index contributed by atoms with van der Waals surface area (Å²) in [4.78, 5) is 30.4. The van der Waals surface area contributed by atoms with E-state index >= 15 is 0 Å². The Hall–Kier alpha value is -2.36. The van der Waals surface area contributed by atoms with Crippen molar-refractivity contribution in [3.05, 3.63) is 58.4 Å². The van der Waals surface area contributed by atoms with Crippen molar-refractivity contribution in [2.45, 2.75) is 58.9 Å². The van der Waals surface area contributed by atoms with Gasteiger partial charge in [-0.2, -0.15) is 0 Å². The maximum atomic E-state index is 13.3. The van der Waals surface area contributed by atoms with Gasteiger partial charge in [-0.1, -0.05) is 37.3 Å². The summed E-state index contributed by atoms with van der Waals surface area (Å²) in [7, 11) is 0. The zero-order valence-electron chi connectivity index (χ0n) is 16.1. The number of aryl methyl sites for hydroxylation is 1. The first-order valence-corrected chi connectivity index (χ1v) is 9.51. The van der Waals surface area contributed by atoms with Crippen molar-refractivity contribution in [2.24, 2.45) is 0 Å². The van der Waals surface area contributed by atoms with Crippen molar-refractivity contribution >= 4 is 11.7 Å². The normalized spacial score (nSPS) is 18.2. The van der Waals surface area contributed by atoms with Crippen LogP contribution in [-0.4, -0.2) is 34.2 Å². The lowest BCUT2D eigenvalue weighted by molar-refractivity contribution is 0.0708. The van der Waals surface area contributed by atoms with Crippen molar-refractivity contribution in [1.29, 1.82) is 0 Å². The first-order chi connectivity index (χ1) is 12.5. The predicted octanol–water partition coefficient (Wildman–Crippen LogP) is 4.63. The number of ketones is 1. The van der Waals surface area contributed by atoms with Crippen LogP contribution in [0.4, 0.5) is 0 Å². The van der Waals surface area contributed by atoms with Crippen molar-refractivity contribution < 1.29 is 9.59 Å². The van der Waals surface area contributed by atoms with Crippen molar-refractivity contribution in [3.63, 3.8) is 0 Å². The SMILES string of the molecule is CC[C@@H](c1ccccc1)[C@@H]1CCCN1C(=O)c1[nH]c(C)c(C(C)=O)c1C. The van der Waals surface area contributed by atoms with E-state index in [4.69, 9.17) is 0 Å². The summed E-state index contributed by atoms with van der Waals surface area (Å²) in [5, 5.41) is 0. The molecule has 1 saturated heterocycles. The summed E-state index contributed by atoms with van der Waals surface area (Å²) in [6, 6.07) is 10.7. The molecule has 2 heterocycles. The number of nitrogens with zero attached hydrogens (tertiary/aromatic N) is 1. The minimum absolute atomic E-state index is 0.00370. The third kappa shape index (κ3) is 3.20. The van der Waals surface area contributed by atoms with E-state index in [9.17, 15) is 9.59 Å². The number of aromatic nitrogens is 1. The van der Waals surface area contributed by atoms with Crippen molar-refractivity contribution in [3.8, 4) is 0 Å². The largest absolute Gasteiger partial charge is 0.354 e. The fourth-order valence-corrected chi connectivity index (χ4v) is 4.53. The predicted molar refractivity (Wildman–Crippen MR) is 104 cm³/mol. The van der Waals surface area contributed by atoms with Gasteiger partial charge in [0, 0.05) is 29.8 Å². The molecule has 0 unspecified atom stereocenters. The van der Waals surface area contributed by atoms with Crippen LogP contribution < -0.4 is 0 Å². The number of benzene rings is 1. The summed E-state index contributed by atoms with van der Waals surface area (Å²) >= 11 is 0. The smallest absolute Gasteiger partial charge is 0.270 e. The number of H-pyrrole nitrogens is 1. The molecule has 1 amide bonds. The molecule has 0 aliphatic carbocycles. The highest BCUT2D eigenvalue weighted by Crippen LogP contribution is 2.35.